The van der Waals surface area contributed by atoms with Crippen molar-refractivity contribution in [2.75, 3.05) is 10.6 Å². The lowest BCUT2D eigenvalue weighted by atomic mass is 10.0. The van der Waals surface area contributed by atoms with Crippen molar-refractivity contribution >= 4 is 34.8 Å². The van der Waals surface area contributed by atoms with E-state index in [9.17, 15) is 22.8 Å². The van der Waals surface area contributed by atoms with E-state index >= 15 is 0 Å². The van der Waals surface area contributed by atoms with Crippen LogP contribution in [0.1, 0.15) is 24.0 Å². The van der Waals surface area contributed by atoms with Gasteiger partial charge in [0.05, 0.1) is 5.56 Å². The SMILES string of the molecule is Cc1cc(Cl)ccc1NC(=O)C1(C(=O)Nc2cccc(C(F)(F)F)c2)CC1. The van der Waals surface area contributed by atoms with E-state index in [4.69, 9.17) is 11.6 Å². The van der Waals surface area contributed by atoms with E-state index < -0.39 is 29.0 Å². The molecule has 1 aliphatic carbocycles. The first-order chi connectivity index (χ1) is 12.6. The molecule has 4 nitrogen and oxygen atoms in total. The fraction of sp³-hybridized carbons (Fsp3) is 0.263. The highest BCUT2D eigenvalue weighted by Crippen LogP contribution is 2.47. The van der Waals surface area contributed by atoms with Gasteiger partial charge in [-0.3, -0.25) is 9.59 Å². The third-order valence-electron chi connectivity index (χ3n) is 4.50. The second-order valence-electron chi connectivity index (χ2n) is 6.53. The molecular weight excluding hydrogens is 381 g/mol. The van der Waals surface area contributed by atoms with Crippen LogP contribution in [0.5, 0.6) is 0 Å². The van der Waals surface area contributed by atoms with E-state index in [1.54, 1.807) is 25.1 Å². The number of alkyl halides is 3. The number of carbonyl (C=O) groups excluding carboxylic acids is 2. The van der Waals surface area contributed by atoms with Crippen molar-refractivity contribution in [2.45, 2.75) is 25.9 Å². The Hall–Kier alpha value is -2.54. The van der Waals surface area contributed by atoms with E-state index in [0.29, 0.717) is 23.6 Å². The number of amides is 2. The van der Waals surface area contributed by atoms with E-state index in [1.807, 2.05) is 0 Å². The van der Waals surface area contributed by atoms with Crippen molar-refractivity contribution in [1.82, 2.24) is 0 Å². The Morgan fingerprint density at radius 3 is 2.30 bits per heavy atom. The zero-order valence-electron chi connectivity index (χ0n) is 14.3. The predicted octanol–water partition coefficient (Wildman–Crippen LogP) is 5.02. The minimum atomic E-state index is -4.51. The predicted molar refractivity (Wildman–Crippen MR) is 96.6 cm³/mol. The van der Waals surface area contributed by atoms with Crippen LogP contribution in [0.4, 0.5) is 24.5 Å². The normalized spacial score (nSPS) is 15.1. The van der Waals surface area contributed by atoms with Crippen LogP contribution < -0.4 is 10.6 Å². The average molecular weight is 397 g/mol. The van der Waals surface area contributed by atoms with Crippen LogP contribution in [0.25, 0.3) is 0 Å². The first-order valence-electron chi connectivity index (χ1n) is 8.18. The molecule has 142 valence electrons. The molecule has 3 rings (SSSR count). The lowest BCUT2D eigenvalue weighted by Crippen LogP contribution is -2.35. The third-order valence-corrected chi connectivity index (χ3v) is 4.74. The second kappa shape index (κ2) is 6.88. The van der Waals surface area contributed by atoms with Gasteiger partial charge in [0.1, 0.15) is 5.41 Å². The summed E-state index contributed by atoms with van der Waals surface area (Å²) in [5.41, 5.74) is -0.879. The van der Waals surface area contributed by atoms with Gasteiger partial charge in [0.25, 0.3) is 0 Å². The summed E-state index contributed by atoms with van der Waals surface area (Å²) in [7, 11) is 0. The van der Waals surface area contributed by atoms with E-state index in [-0.39, 0.29) is 5.69 Å². The Balaban J connectivity index is 1.73. The van der Waals surface area contributed by atoms with Crippen LogP contribution in [-0.4, -0.2) is 11.8 Å². The first kappa shape index (κ1) is 19.2. The Kier molecular flexibility index (Phi) is 4.90. The molecule has 1 fully saturated rings. The molecule has 0 aromatic heterocycles. The number of nitrogens with one attached hydrogen (secondary N) is 2. The highest BCUT2D eigenvalue weighted by molar-refractivity contribution is 6.30. The molecule has 0 saturated heterocycles. The van der Waals surface area contributed by atoms with Gasteiger partial charge in [0.2, 0.25) is 11.8 Å². The lowest BCUT2D eigenvalue weighted by molar-refractivity contribution is -0.137. The van der Waals surface area contributed by atoms with Gasteiger partial charge in [-0.05, 0) is 61.7 Å². The minimum Gasteiger partial charge on any atom is -0.325 e. The van der Waals surface area contributed by atoms with Gasteiger partial charge in [-0.25, -0.2) is 0 Å². The molecule has 0 aliphatic heterocycles. The maximum absolute atomic E-state index is 12.8. The monoisotopic (exact) mass is 396 g/mol. The van der Waals surface area contributed by atoms with Crippen LogP contribution in [0.15, 0.2) is 42.5 Å². The van der Waals surface area contributed by atoms with Crippen molar-refractivity contribution in [2.24, 2.45) is 5.41 Å². The molecule has 0 spiro atoms. The highest BCUT2D eigenvalue weighted by Gasteiger charge is 2.56. The van der Waals surface area contributed by atoms with Crippen molar-refractivity contribution in [3.63, 3.8) is 0 Å². The molecular formula is C19H16ClF3N2O2. The van der Waals surface area contributed by atoms with Crippen LogP contribution in [0.3, 0.4) is 0 Å². The largest absolute Gasteiger partial charge is 0.416 e. The summed E-state index contributed by atoms with van der Waals surface area (Å²) in [5.74, 6) is -1.11. The zero-order chi connectivity index (χ0) is 19.8. The van der Waals surface area contributed by atoms with E-state index in [2.05, 4.69) is 10.6 Å². The number of hydrogen-bond donors (Lipinski definition) is 2. The molecule has 0 heterocycles. The summed E-state index contributed by atoms with van der Waals surface area (Å²) in [6.45, 7) is 1.77. The summed E-state index contributed by atoms with van der Waals surface area (Å²) in [6, 6.07) is 9.25. The maximum atomic E-state index is 12.8. The Labute approximate surface area is 158 Å². The number of anilines is 2. The molecule has 2 N–H and O–H groups in total. The molecule has 0 unspecified atom stereocenters. The van der Waals surface area contributed by atoms with Crippen LogP contribution in [0.2, 0.25) is 5.02 Å². The Morgan fingerprint density at radius 1 is 1.04 bits per heavy atom. The van der Waals surface area contributed by atoms with E-state index in [1.165, 1.54) is 12.1 Å². The molecule has 0 radical (unpaired) electrons. The maximum Gasteiger partial charge on any atom is 0.416 e. The molecule has 2 amide bonds. The van der Waals surface area contributed by atoms with Gasteiger partial charge < -0.3 is 10.6 Å². The zero-order valence-corrected chi connectivity index (χ0v) is 15.0. The molecule has 1 saturated carbocycles. The van der Waals surface area contributed by atoms with Gasteiger partial charge in [0, 0.05) is 16.4 Å². The van der Waals surface area contributed by atoms with Crippen molar-refractivity contribution < 1.29 is 22.8 Å². The molecule has 2 aromatic rings. The number of halogens is 4. The fourth-order valence-electron chi connectivity index (χ4n) is 2.72. The molecule has 2 aromatic carbocycles. The summed E-state index contributed by atoms with van der Waals surface area (Å²) >= 11 is 5.88. The van der Waals surface area contributed by atoms with Gasteiger partial charge in [-0.15, -0.1) is 0 Å². The Bertz CT molecular complexity index is 908. The number of rotatable bonds is 4. The minimum absolute atomic E-state index is 0.00317. The van der Waals surface area contributed by atoms with Crippen LogP contribution in [0, 0.1) is 12.3 Å². The fourth-order valence-corrected chi connectivity index (χ4v) is 2.94. The number of benzene rings is 2. The topological polar surface area (TPSA) is 58.2 Å². The highest BCUT2D eigenvalue weighted by atomic mass is 35.5. The van der Waals surface area contributed by atoms with E-state index in [0.717, 1.165) is 17.7 Å². The quantitative estimate of drug-likeness (QED) is 0.712. The third kappa shape index (κ3) is 4.08. The van der Waals surface area contributed by atoms with Crippen molar-refractivity contribution in [3.05, 3.63) is 58.6 Å². The van der Waals surface area contributed by atoms with Crippen molar-refractivity contribution in [1.29, 1.82) is 0 Å². The molecule has 1 aliphatic rings. The smallest absolute Gasteiger partial charge is 0.325 e. The number of carbonyl (C=O) groups is 2. The molecule has 27 heavy (non-hydrogen) atoms. The Morgan fingerprint density at radius 2 is 1.70 bits per heavy atom. The van der Waals surface area contributed by atoms with Gasteiger partial charge in [-0.2, -0.15) is 13.2 Å². The standard InChI is InChI=1S/C19H16ClF3N2O2/c1-11-9-13(20)5-6-15(11)25-17(27)18(7-8-18)16(26)24-14-4-2-3-12(10-14)19(21,22)23/h2-6,9-10H,7-8H2,1H3,(H,24,26)(H,25,27). The lowest BCUT2D eigenvalue weighted by Gasteiger charge is -2.17. The average Bonchev–Trinajstić information content (AvgIpc) is 3.39. The molecule has 0 atom stereocenters. The summed E-state index contributed by atoms with van der Waals surface area (Å²) in [4.78, 5) is 25.2. The van der Waals surface area contributed by atoms with Crippen molar-refractivity contribution in [3.8, 4) is 0 Å². The summed E-state index contributed by atoms with van der Waals surface area (Å²) < 4.78 is 38.4. The van der Waals surface area contributed by atoms with Gasteiger partial charge >= 0.3 is 6.18 Å². The number of aryl methyl sites for hydroxylation is 1. The second-order valence-corrected chi connectivity index (χ2v) is 6.96. The summed E-state index contributed by atoms with van der Waals surface area (Å²) in [5, 5.41) is 5.65. The summed E-state index contributed by atoms with van der Waals surface area (Å²) in [6.07, 6.45) is -3.85. The van der Waals surface area contributed by atoms with Gasteiger partial charge in [0.15, 0.2) is 0 Å². The van der Waals surface area contributed by atoms with Crippen LogP contribution >= 0.6 is 11.6 Å². The number of hydrogen-bond acceptors (Lipinski definition) is 2. The molecule has 0 bridgehead atoms. The van der Waals surface area contributed by atoms with Crippen LogP contribution in [-0.2, 0) is 15.8 Å². The van der Waals surface area contributed by atoms with Gasteiger partial charge in [-0.1, -0.05) is 17.7 Å². The molecule has 8 heteroatoms. The first-order valence-corrected chi connectivity index (χ1v) is 8.56.